The van der Waals surface area contributed by atoms with Crippen molar-refractivity contribution in [1.82, 2.24) is 5.32 Å². The molecule has 6 heteroatoms. The molecule has 0 atom stereocenters. The van der Waals surface area contributed by atoms with E-state index in [4.69, 9.17) is 15.2 Å². The third-order valence-electron chi connectivity index (χ3n) is 3.45. The van der Waals surface area contributed by atoms with E-state index < -0.39 is 0 Å². The second kappa shape index (κ2) is 8.74. The van der Waals surface area contributed by atoms with Crippen molar-refractivity contribution in [1.29, 1.82) is 0 Å². The van der Waals surface area contributed by atoms with E-state index >= 15 is 0 Å². The molecular weight excluding hydrogens is 292 g/mol. The van der Waals surface area contributed by atoms with Gasteiger partial charge in [0, 0.05) is 18.7 Å². The van der Waals surface area contributed by atoms with Crippen LogP contribution in [0.4, 0.5) is 0 Å². The summed E-state index contributed by atoms with van der Waals surface area (Å²) in [5.41, 5.74) is 5.92. The predicted molar refractivity (Wildman–Crippen MR) is 84.5 cm³/mol. The lowest BCUT2D eigenvalue weighted by atomic mass is 10.2. The molecule has 0 spiro atoms. The topological polar surface area (TPSA) is 73.6 Å². The van der Waals surface area contributed by atoms with Crippen LogP contribution in [0.1, 0.15) is 36.0 Å². The van der Waals surface area contributed by atoms with Gasteiger partial charge >= 0.3 is 0 Å². The van der Waals surface area contributed by atoms with Crippen molar-refractivity contribution < 1.29 is 14.3 Å². The van der Waals surface area contributed by atoms with Crippen molar-refractivity contribution in [2.24, 2.45) is 5.73 Å². The van der Waals surface area contributed by atoms with E-state index in [0.29, 0.717) is 30.2 Å². The van der Waals surface area contributed by atoms with Crippen LogP contribution in [0.25, 0.3) is 0 Å². The van der Waals surface area contributed by atoms with E-state index in [1.807, 2.05) is 0 Å². The Balaban J connectivity index is 0.00000220. The zero-order valence-electron chi connectivity index (χ0n) is 12.3. The number of hydrogen-bond acceptors (Lipinski definition) is 4. The van der Waals surface area contributed by atoms with Gasteiger partial charge in [-0.3, -0.25) is 4.79 Å². The van der Waals surface area contributed by atoms with Crippen LogP contribution in [0.5, 0.6) is 11.5 Å². The number of carbonyl (C=O) groups is 1. The lowest BCUT2D eigenvalue weighted by molar-refractivity contribution is 0.0954. The summed E-state index contributed by atoms with van der Waals surface area (Å²) in [6.07, 6.45) is 4.86. The van der Waals surface area contributed by atoms with E-state index in [2.05, 4.69) is 5.32 Å². The summed E-state index contributed by atoms with van der Waals surface area (Å²) in [6, 6.07) is 5.25. The Morgan fingerprint density at radius 1 is 1.33 bits per heavy atom. The Labute approximate surface area is 131 Å². The largest absolute Gasteiger partial charge is 0.493 e. The van der Waals surface area contributed by atoms with Gasteiger partial charge in [-0.1, -0.05) is 0 Å². The van der Waals surface area contributed by atoms with Gasteiger partial charge in [0.2, 0.25) is 0 Å². The van der Waals surface area contributed by atoms with Crippen LogP contribution in [0.15, 0.2) is 18.2 Å². The number of nitrogens with two attached hydrogens (primary N) is 1. The molecule has 0 bridgehead atoms. The summed E-state index contributed by atoms with van der Waals surface area (Å²) in [5, 5.41) is 2.73. The zero-order valence-corrected chi connectivity index (χ0v) is 13.1. The number of halogens is 1. The fraction of sp³-hybridized carbons (Fsp3) is 0.533. The summed E-state index contributed by atoms with van der Waals surface area (Å²) in [4.78, 5) is 11.9. The lowest BCUT2D eigenvalue weighted by Gasteiger charge is -2.16. The van der Waals surface area contributed by atoms with Gasteiger partial charge in [-0.05, 0) is 43.9 Å². The first-order valence-corrected chi connectivity index (χ1v) is 7.07. The minimum atomic E-state index is -0.152. The maximum absolute atomic E-state index is 11.9. The smallest absolute Gasteiger partial charge is 0.251 e. The summed E-state index contributed by atoms with van der Waals surface area (Å²) in [6.45, 7) is 0.882. The van der Waals surface area contributed by atoms with Crippen LogP contribution in [-0.2, 0) is 0 Å². The number of nitrogens with one attached hydrogen (secondary N) is 1. The summed E-state index contributed by atoms with van der Waals surface area (Å²) >= 11 is 0. The van der Waals surface area contributed by atoms with Crippen LogP contribution in [-0.4, -0.2) is 32.2 Å². The normalized spacial score (nSPS) is 14.4. The van der Waals surface area contributed by atoms with Crippen molar-refractivity contribution in [2.75, 3.05) is 20.2 Å². The Hall–Kier alpha value is -1.46. The average molecular weight is 315 g/mol. The molecule has 1 fully saturated rings. The van der Waals surface area contributed by atoms with Gasteiger partial charge in [0.15, 0.2) is 11.5 Å². The third-order valence-corrected chi connectivity index (χ3v) is 3.45. The molecule has 1 aromatic carbocycles. The molecule has 0 heterocycles. The van der Waals surface area contributed by atoms with Gasteiger partial charge in [0.25, 0.3) is 5.91 Å². The number of ether oxygens (including phenoxy) is 2. The Morgan fingerprint density at radius 2 is 2.05 bits per heavy atom. The maximum atomic E-state index is 11.9. The first-order valence-electron chi connectivity index (χ1n) is 7.07. The minimum absolute atomic E-state index is 0. The number of benzene rings is 1. The van der Waals surface area contributed by atoms with Crippen molar-refractivity contribution in [3.63, 3.8) is 0 Å². The van der Waals surface area contributed by atoms with Gasteiger partial charge < -0.3 is 20.5 Å². The van der Waals surface area contributed by atoms with E-state index in [-0.39, 0.29) is 24.4 Å². The monoisotopic (exact) mass is 314 g/mol. The SMILES string of the molecule is COc1cc(C(=O)NCCN)ccc1OC1CCCC1.Cl. The van der Waals surface area contributed by atoms with Crippen LogP contribution in [0.2, 0.25) is 0 Å². The highest BCUT2D eigenvalue weighted by molar-refractivity contribution is 5.94. The number of carbonyl (C=O) groups excluding carboxylic acids is 1. The minimum Gasteiger partial charge on any atom is -0.493 e. The second-order valence-electron chi connectivity index (χ2n) is 4.93. The van der Waals surface area contributed by atoms with E-state index in [9.17, 15) is 4.79 Å². The molecule has 2 rings (SSSR count). The number of methoxy groups -OCH3 is 1. The van der Waals surface area contributed by atoms with Gasteiger partial charge in [0.05, 0.1) is 13.2 Å². The molecule has 1 saturated carbocycles. The maximum Gasteiger partial charge on any atom is 0.251 e. The molecule has 5 nitrogen and oxygen atoms in total. The quantitative estimate of drug-likeness (QED) is 0.843. The van der Waals surface area contributed by atoms with Crippen LogP contribution >= 0.6 is 12.4 Å². The molecule has 1 aliphatic carbocycles. The number of amides is 1. The fourth-order valence-electron chi connectivity index (χ4n) is 2.38. The Kier molecular flexibility index (Phi) is 7.32. The van der Waals surface area contributed by atoms with Gasteiger partial charge in [0.1, 0.15) is 0 Å². The summed E-state index contributed by atoms with van der Waals surface area (Å²) in [7, 11) is 1.58. The Bertz CT molecular complexity index is 462. The van der Waals surface area contributed by atoms with E-state index in [0.717, 1.165) is 12.8 Å². The highest BCUT2D eigenvalue weighted by atomic mass is 35.5. The lowest BCUT2D eigenvalue weighted by Crippen LogP contribution is -2.29. The van der Waals surface area contributed by atoms with Crippen LogP contribution < -0.4 is 20.5 Å². The molecule has 0 aromatic heterocycles. The second-order valence-corrected chi connectivity index (χ2v) is 4.93. The van der Waals surface area contributed by atoms with Crippen molar-refractivity contribution in [2.45, 2.75) is 31.8 Å². The number of hydrogen-bond donors (Lipinski definition) is 2. The van der Waals surface area contributed by atoms with Crippen molar-refractivity contribution in [3.8, 4) is 11.5 Å². The van der Waals surface area contributed by atoms with E-state index in [1.54, 1.807) is 25.3 Å². The first-order chi connectivity index (χ1) is 9.74. The fourth-order valence-corrected chi connectivity index (χ4v) is 2.38. The molecule has 1 aliphatic rings. The molecule has 3 N–H and O–H groups in total. The third kappa shape index (κ3) is 4.79. The molecule has 0 unspecified atom stereocenters. The van der Waals surface area contributed by atoms with Gasteiger partial charge in [-0.15, -0.1) is 12.4 Å². The molecular formula is C15H23ClN2O3. The van der Waals surface area contributed by atoms with Crippen LogP contribution in [0.3, 0.4) is 0 Å². The molecule has 1 aromatic rings. The van der Waals surface area contributed by atoms with Crippen LogP contribution in [0, 0.1) is 0 Å². The summed E-state index contributed by atoms with van der Waals surface area (Å²) < 4.78 is 11.3. The van der Waals surface area contributed by atoms with Crippen molar-refractivity contribution in [3.05, 3.63) is 23.8 Å². The molecule has 0 radical (unpaired) electrons. The van der Waals surface area contributed by atoms with Gasteiger partial charge in [-0.25, -0.2) is 0 Å². The molecule has 21 heavy (non-hydrogen) atoms. The highest BCUT2D eigenvalue weighted by Crippen LogP contribution is 2.32. The molecule has 0 aliphatic heterocycles. The molecule has 0 saturated heterocycles. The first kappa shape index (κ1) is 17.6. The highest BCUT2D eigenvalue weighted by Gasteiger charge is 2.19. The van der Waals surface area contributed by atoms with Crippen molar-refractivity contribution >= 4 is 18.3 Å². The number of rotatable bonds is 6. The average Bonchev–Trinajstić information content (AvgIpc) is 2.98. The van der Waals surface area contributed by atoms with E-state index in [1.165, 1.54) is 12.8 Å². The molecule has 118 valence electrons. The van der Waals surface area contributed by atoms with Gasteiger partial charge in [-0.2, -0.15) is 0 Å². The predicted octanol–water partition coefficient (Wildman–Crippen LogP) is 2.13. The standard InChI is InChI=1S/C15H22N2O3.ClH/c1-19-14-10-11(15(18)17-9-8-16)6-7-13(14)20-12-4-2-3-5-12;/h6-7,10,12H,2-5,8-9,16H2,1H3,(H,17,18);1H. The Morgan fingerprint density at radius 3 is 2.67 bits per heavy atom. The summed E-state index contributed by atoms with van der Waals surface area (Å²) in [5.74, 6) is 1.15. The molecule has 1 amide bonds. The zero-order chi connectivity index (χ0) is 14.4.